The maximum absolute atomic E-state index is 13.5. The molecule has 0 aromatic heterocycles. The molecule has 0 aromatic rings. The molecule has 1 saturated carbocycles. The summed E-state index contributed by atoms with van der Waals surface area (Å²) in [6.07, 6.45) is -4.82. The van der Waals surface area contributed by atoms with Crippen LogP contribution in [-0.4, -0.2) is 109 Å². The summed E-state index contributed by atoms with van der Waals surface area (Å²) in [5, 5.41) is 12.9. The molecule has 1 spiro atoms. The number of carbonyl (C=O) groups excluding carboxylic acids is 6. The second kappa shape index (κ2) is 15.7. The summed E-state index contributed by atoms with van der Waals surface area (Å²) in [7, 11) is 1.43. The van der Waals surface area contributed by atoms with Crippen LogP contribution in [0.2, 0.25) is 0 Å². The summed E-state index contributed by atoms with van der Waals surface area (Å²) < 4.78 is 47.7. The first-order valence-electron chi connectivity index (χ1n) is 17.6. The minimum absolute atomic E-state index is 0.0515. The number of rotatable bonds is 11. The zero-order valence-electron chi connectivity index (χ0n) is 31.5. The van der Waals surface area contributed by atoms with Gasteiger partial charge in [0.2, 0.25) is 0 Å². The monoisotopic (exact) mass is 736 g/mol. The van der Waals surface area contributed by atoms with Gasteiger partial charge in [0.05, 0.1) is 24.5 Å². The lowest BCUT2D eigenvalue weighted by Crippen LogP contribution is -2.76. The van der Waals surface area contributed by atoms with Gasteiger partial charge in [0.1, 0.15) is 17.8 Å². The Morgan fingerprint density at radius 3 is 1.90 bits per heavy atom. The highest BCUT2D eigenvalue weighted by atomic mass is 16.7. The van der Waals surface area contributed by atoms with Crippen LogP contribution < -0.4 is 0 Å². The van der Waals surface area contributed by atoms with Gasteiger partial charge in [0.25, 0.3) is 0 Å². The first-order valence-corrected chi connectivity index (χ1v) is 17.6. The predicted octanol–water partition coefficient (Wildman–Crippen LogP) is 2.54. The SMILES string of the molecule is COCC1=C\[C@@H]2OC(=O)[C@H](C)[C@@]2(O)[C@@H](OC(C)=O)[C@H]2[C@@]3(CO3)[C@H](OC(=O)CC(C)C)[C@H](OC(=O)CC(C)C)[C@H](OC(C)=O)[C@]2(C)[C@@H](OC(C)=O)/C=C\1. The molecule has 0 amide bonds. The molecule has 2 heterocycles. The number of ether oxygens (including phenoxy) is 8. The minimum Gasteiger partial charge on any atom is -0.459 e. The fourth-order valence-corrected chi connectivity index (χ4v) is 7.96. The van der Waals surface area contributed by atoms with Crippen molar-refractivity contribution in [2.24, 2.45) is 29.1 Å². The Hall–Kier alpha value is -3.82. The van der Waals surface area contributed by atoms with Crippen molar-refractivity contribution in [3.8, 4) is 0 Å². The number of esters is 6. The van der Waals surface area contributed by atoms with Crippen molar-refractivity contribution in [3.05, 3.63) is 23.8 Å². The van der Waals surface area contributed by atoms with E-state index in [1.807, 2.05) is 0 Å². The Morgan fingerprint density at radius 1 is 0.865 bits per heavy atom. The van der Waals surface area contributed by atoms with Gasteiger partial charge in [-0.1, -0.05) is 40.7 Å². The Kier molecular flexibility index (Phi) is 12.3. The number of hydrogen-bond acceptors (Lipinski definition) is 15. The Labute approximate surface area is 303 Å². The Morgan fingerprint density at radius 2 is 1.40 bits per heavy atom. The van der Waals surface area contributed by atoms with Gasteiger partial charge in [-0.2, -0.15) is 0 Å². The largest absolute Gasteiger partial charge is 0.459 e. The molecule has 0 bridgehead atoms. The molecular formula is C37H52O15. The van der Waals surface area contributed by atoms with E-state index in [-0.39, 0.29) is 37.9 Å². The lowest BCUT2D eigenvalue weighted by atomic mass is 9.51. The van der Waals surface area contributed by atoms with E-state index in [0.717, 1.165) is 13.8 Å². The minimum atomic E-state index is -2.34. The predicted molar refractivity (Wildman–Crippen MR) is 179 cm³/mol. The first kappa shape index (κ1) is 40.9. The third-order valence-corrected chi connectivity index (χ3v) is 10.2. The van der Waals surface area contributed by atoms with Crippen LogP contribution in [0.15, 0.2) is 23.8 Å². The third-order valence-electron chi connectivity index (χ3n) is 10.2. The Balaban J connectivity index is 2.15. The number of carbonyl (C=O) groups is 6. The van der Waals surface area contributed by atoms with Gasteiger partial charge in [-0.3, -0.25) is 28.8 Å². The normalized spacial score (nSPS) is 38.2. The molecule has 4 rings (SSSR count). The van der Waals surface area contributed by atoms with E-state index < -0.39 is 101 Å². The second-order valence-corrected chi connectivity index (χ2v) is 15.2. The quantitative estimate of drug-likeness (QED) is 0.184. The van der Waals surface area contributed by atoms with Crippen LogP contribution in [0.4, 0.5) is 0 Å². The molecule has 0 radical (unpaired) electrons. The number of hydrogen-bond donors (Lipinski definition) is 1. The van der Waals surface area contributed by atoms with Crippen LogP contribution in [0.3, 0.4) is 0 Å². The molecule has 2 saturated heterocycles. The number of methoxy groups -OCH3 is 1. The summed E-state index contributed by atoms with van der Waals surface area (Å²) in [6, 6.07) is 0. The summed E-state index contributed by atoms with van der Waals surface area (Å²) in [5.74, 6) is -7.72. The van der Waals surface area contributed by atoms with E-state index in [0.29, 0.717) is 5.57 Å². The maximum atomic E-state index is 13.5. The molecule has 0 aromatic carbocycles. The zero-order valence-corrected chi connectivity index (χ0v) is 31.5. The number of aliphatic hydroxyl groups is 1. The molecule has 2 aliphatic carbocycles. The number of epoxide rings is 1. The van der Waals surface area contributed by atoms with Gasteiger partial charge in [0, 0.05) is 46.6 Å². The van der Waals surface area contributed by atoms with Gasteiger partial charge < -0.3 is 43.0 Å². The molecule has 3 fully saturated rings. The van der Waals surface area contributed by atoms with E-state index in [1.54, 1.807) is 40.7 Å². The van der Waals surface area contributed by atoms with Gasteiger partial charge in [0.15, 0.2) is 30.0 Å². The van der Waals surface area contributed by atoms with Crippen LogP contribution in [0.5, 0.6) is 0 Å². The Bertz CT molecular complexity index is 1480. The molecular weight excluding hydrogens is 684 g/mol. The van der Waals surface area contributed by atoms with E-state index in [9.17, 15) is 33.9 Å². The van der Waals surface area contributed by atoms with E-state index in [2.05, 4.69) is 0 Å². The molecule has 0 unspecified atom stereocenters. The van der Waals surface area contributed by atoms with Crippen molar-refractivity contribution in [3.63, 3.8) is 0 Å². The average Bonchev–Trinajstić information content (AvgIpc) is 3.76. The van der Waals surface area contributed by atoms with Crippen molar-refractivity contribution in [1.29, 1.82) is 0 Å². The molecule has 4 aliphatic rings. The highest BCUT2D eigenvalue weighted by Gasteiger charge is 2.81. The molecule has 15 nitrogen and oxygen atoms in total. The molecule has 15 heteroatoms. The molecule has 1 N–H and O–H groups in total. The van der Waals surface area contributed by atoms with Gasteiger partial charge in [-0.05, 0) is 36.5 Å². The first-order chi connectivity index (χ1) is 24.2. The lowest BCUT2D eigenvalue weighted by molar-refractivity contribution is -0.280. The standard InChI is InChI=1S/C37H52O15/c1-18(2)13-27(41)51-29-31(48-22(7)39)35(9)25(47-21(6)38)12-11-24(16-45-10)15-26-37(44,20(5)34(43)50-26)33(49-23(8)40)30(35)36(17-46-36)32(29)52-28(42)14-19(3)4/h11-12,15,18-20,25-26,29-33,44H,13-14,16-17H2,1-10H3/b12-11-,24-15-/t20-,25-,26-,29+,30+,31-,32+,33-,35+,36-,37-/m0/s1. The van der Waals surface area contributed by atoms with Crippen molar-refractivity contribution < 1.29 is 71.8 Å². The van der Waals surface area contributed by atoms with Crippen molar-refractivity contribution in [1.82, 2.24) is 0 Å². The van der Waals surface area contributed by atoms with E-state index in [4.69, 9.17) is 37.9 Å². The zero-order chi connectivity index (χ0) is 38.9. The van der Waals surface area contributed by atoms with E-state index >= 15 is 0 Å². The lowest BCUT2D eigenvalue weighted by Gasteiger charge is -2.59. The van der Waals surface area contributed by atoms with Crippen molar-refractivity contribution in [2.45, 2.75) is 123 Å². The van der Waals surface area contributed by atoms with Crippen LogP contribution in [-0.2, 0) is 66.7 Å². The third kappa shape index (κ3) is 7.91. The highest BCUT2D eigenvalue weighted by Crippen LogP contribution is 2.63. The number of fused-ring (bicyclic) bond motifs is 3. The summed E-state index contributed by atoms with van der Waals surface area (Å²) in [5.41, 5.74) is -5.51. The average molecular weight is 737 g/mol. The molecule has 2 aliphatic heterocycles. The fraction of sp³-hybridized carbons (Fsp3) is 0.730. The van der Waals surface area contributed by atoms with Crippen molar-refractivity contribution in [2.75, 3.05) is 20.3 Å². The highest BCUT2D eigenvalue weighted by molar-refractivity contribution is 5.78. The van der Waals surface area contributed by atoms with Crippen LogP contribution in [0, 0.1) is 29.1 Å². The van der Waals surface area contributed by atoms with Crippen LogP contribution >= 0.6 is 0 Å². The topological polar surface area (TPSA) is 200 Å². The van der Waals surface area contributed by atoms with Crippen LogP contribution in [0.25, 0.3) is 0 Å². The maximum Gasteiger partial charge on any atom is 0.312 e. The van der Waals surface area contributed by atoms with Gasteiger partial charge in [-0.15, -0.1) is 0 Å². The summed E-state index contributed by atoms with van der Waals surface area (Å²) in [6.45, 7) is 13.3. The van der Waals surface area contributed by atoms with Crippen LogP contribution in [0.1, 0.15) is 75.2 Å². The summed E-state index contributed by atoms with van der Waals surface area (Å²) >= 11 is 0. The molecule has 52 heavy (non-hydrogen) atoms. The smallest absolute Gasteiger partial charge is 0.312 e. The second-order valence-electron chi connectivity index (χ2n) is 15.2. The summed E-state index contributed by atoms with van der Waals surface area (Å²) in [4.78, 5) is 79.5. The van der Waals surface area contributed by atoms with Crippen molar-refractivity contribution >= 4 is 35.8 Å². The fourth-order valence-electron chi connectivity index (χ4n) is 7.96. The van der Waals surface area contributed by atoms with E-state index in [1.165, 1.54) is 33.1 Å². The molecule has 11 atom stereocenters. The van der Waals surface area contributed by atoms with Gasteiger partial charge >= 0.3 is 35.8 Å². The molecule has 290 valence electrons. The van der Waals surface area contributed by atoms with Gasteiger partial charge in [-0.25, -0.2) is 0 Å².